The summed E-state index contributed by atoms with van der Waals surface area (Å²) in [5.41, 5.74) is 1.58. The normalized spacial score (nSPS) is 16.3. The van der Waals surface area contributed by atoms with Crippen LogP contribution >= 0.6 is 0 Å². The average Bonchev–Trinajstić information content (AvgIpc) is 2.96. The van der Waals surface area contributed by atoms with Gasteiger partial charge in [-0.2, -0.15) is 13.2 Å². The van der Waals surface area contributed by atoms with E-state index in [1.54, 1.807) is 29.2 Å². The molecule has 0 bridgehead atoms. The molecule has 1 aliphatic rings. The van der Waals surface area contributed by atoms with Gasteiger partial charge in [-0.15, -0.1) is 0 Å². The zero-order chi connectivity index (χ0) is 17.7. The molecule has 1 fully saturated rings. The van der Waals surface area contributed by atoms with E-state index in [1.165, 1.54) is 6.92 Å². The minimum atomic E-state index is -4.46. The monoisotopic (exact) mass is 344 g/mol. The van der Waals surface area contributed by atoms with Crippen LogP contribution in [0.1, 0.15) is 25.3 Å². The van der Waals surface area contributed by atoms with Crippen molar-refractivity contribution in [1.82, 2.24) is 5.32 Å². The Hall–Kier alpha value is -2.09. The summed E-state index contributed by atoms with van der Waals surface area (Å²) in [6, 6.07) is 7.10. The summed E-state index contributed by atoms with van der Waals surface area (Å²) in [5.74, 6) is -0.523. The van der Waals surface area contributed by atoms with Crippen LogP contribution < -0.4 is 10.2 Å². The lowest BCUT2D eigenvalue weighted by Gasteiger charge is -2.17. The summed E-state index contributed by atoms with van der Waals surface area (Å²) in [7, 11) is 0. The lowest BCUT2D eigenvalue weighted by molar-refractivity contribution is -0.185. The Morgan fingerprint density at radius 3 is 2.54 bits per heavy atom. The molecule has 0 spiro atoms. The van der Waals surface area contributed by atoms with Crippen molar-refractivity contribution >= 4 is 17.5 Å². The van der Waals surface area contributed by atoms with E-state index in [-0.39, 0.29) is 12.5 Å². The first-order valence-corrected chi connectivity index (χ1v) is 7.61. The Balaban J connectivity index is 1.81. The van der Waals surface area contributed by atoms with Gasteiger partial charge in [-0.1, -0.05) is 12.1 Å². The summed E-state index contributed by atoms with van der Waals surface area (Å²) in [6.45, 7) is 0.680. The van der Waals surface area contributed by atoms with Gasteiger partial charge < -0.3 is 15.0 Å². The number of hydrogen-bond donors (Lipinski definition) is 1. The molecule has 1 aliphatic heterocycles. The Labute approximate surface area is 137 Å². The predicted molar refractivity (Wildman–Crippen MR) is 81.3 cm³/mol. The van der Waals surface area contributed by atoms with Crippen LogP contribution in [0, 0.1) is 0 Å². The number of rotatable bonds is 6. The van der Waals surface area contributed by atoms with Gasteiger partial charge >= 0.3 is 6.18 Å². The molecule has 5 nitrogen and oxygen atoms in total. The Morgan fingerprint density at radius 1 is 1.33 bits per heavy atom. The van der Waals surface area contributed by atoms with Gasteiger partial charge in [0.1, 0.15) is 12.7 Å². The highest BCUT2D eigenvalue weighted by Crippen LogP contribution is 2.21. The largest absolute Gasteiger partial charge is 0.411 e. The van der Waals surface area contributed by atoms with Crippen LogP contribution in [-0.4, -0.2) is 37.2 Å². The summed E-state index contributed by atoms with van der Waals surface area (Å²) < 4.78 is 40.6. The average molecular weight is 344 g/mol. The maximum Gasteiger partial charge on any atom is 0.411 e. The highest BCUT2D eigenvalue weighted by molar-refractivity contribution is 5.95. The molecule has 1 saturated heterocycles. The predicted octanol–water partition coefficient (Wildman–Crippen LogP) is 2.40. The molecule has 0 unspecified atom stereocenters. The van der Waals surface area contributed by atoms with Crippen LogP contribution in [0.2, 0.25) is 0 Å². The third-order valence-electron chi connectivity index (χ3n) is 3.65. The number of hydrogen-bond acceptors (Lipinski definition) is 3. The van der Waals surface area contributed by atoms with E-state index in [0.717, 1.165) is 17.7 Å². The van der Waals surface area contributed by atoms with Gasteiger partial charge in [0.15, 0.2) is 0 Å². The second-order valence-corrected chi connectivity index (χ2v) is 5.60. The number of halogens is 3. The number of benzene rings is 1. The number of nitrogens with one attached hydrogen (secondary N) is 1. The quantitative estimate of drug-likeness (QED) is 0.862. The molecule has 24 heavy (non-hydrogen) atoms. The van der Waals surface area contributed by atoms with Crippen molar-refractivity contribution in [2.24, 2.45) is 0 Å². The van der Waals surface area contributed by atoms with Gasteiger partial charge in [0.05, 0.1) is 0 Å². The van der Waals surface area contributed by atoms with Gasteiger partial charge in [0, 0.05) is 25.2 Å². The number of amides is 2. The minimum absolute atomic E-state index is 0.0895. The Bertz CT molecular complexity index is 587. The number of nitrogens with zero attached hydrogens (tertiary/aromatic N) is 1. The van der Waals surface area contributed by atoms with Crippen molar-refractivity contribution in [3.8, 4) is 0 Å². The first-order chi connectivity index (χ1) is 11.3. The van der Waals surface area contributed by atoms with Crippen molar-refractivity contribution in [2.75, 3.05) is 18.1 Å². The summed E-state index contributed by atoms with van der Waals surface area (Å²) in [6.07, 6.45) is -4.26. The van der Waals surface area contributed by atoms with E-state index in [1.807, 2.05) is 0 Å². The maximum atomic E-state index is 12.0. The van der Waals surface area contributed by atoms with E-state index in [0.29, 0.717) is 13.0 Å². The van der Waals surface area contributed by atoms with Gasteiger partial charge in [-0.25, -0.2) is 0 Å². The lowest BCUT2D eigenvalue weighted by Crippen LogP contribution is -2.36. The second kappa shape index (κ2) is 7.65. The fraction of sp³-hybridized carbons (Fsp3) is 0.500. The number of anilines is 1. The first-order valence-electron chi connectivity index (χ1n) is 7.61. The highest BCUT2D eigenvalue weighted by Gasteiger charge is 2.29. The first kappa shape index (κ1) is 18.3. The van der Waals surface area contributed by atoms with E-state index >= 15 is 0 Å². The smallest absolute Gasteiger partial charge is 0.359 e. The van der Waals surface area contributed by atoms with Crippen molar-refractivity contribution in [2.45, 2.75) is 38.6 Å². The molecule has 0 radical (unpaired) electrons. The standard InChI is InChI=1S/C16H19F3N2O3/c1-11(24-10-16(17,18)19)15(23)20-9-12-4-6-13(7-5-12)21-8-2-3-14(21)22/h4-7,11H,2-3,8-10H2,1H3,(H,20,23)/t11-/m1/s1. The fourth-order valence-electron chi connectivity index (χ4n) is 2.34. The minimum Gasteiger partial charge on any atom is -0.359 e. The van der Waals surface area contributed by atoms with E-state index in [4.69, 9.17) is 0 Å². The molecule has 8 heteroatoms. The molecule has 2 rings (SSSR count). The van der Waals surface area contributed by atoms with Crippen molar-refractivity contribution < 1.29 is 27.5 Å². The molecule has 0 aliphatic carbocycles. The van der Waals surface area contributed by atoms with Crippen LogP contribution in [0.5, 0.6) is 0 Å². The third kappa shape index (κ3) is 5.23. The highest BCUT2D eigenvalue weighted by atomic mass is 19.4. The molecule has 1 atom stereocenters. The number of alkyl halides is 3. The fourth-order valence-corrected chi connectivity index (χ4v) is 2.34. The molecule has 1 aromatic carbocycles. The van der Waals surface area contributed by atoms with Gasteiger partial charge in [0.25, 0.3) is 0 Å². The molecule has 132 valence electrons. The molecule has 1 aromatic rings. The van der Waals surface area contributed by atoms with E-state index in [2.05, 4.69) is 10.1 Å². The SMILES string of the molecule is C[C@@H](OCC(F)(F)F)C(=O)NCc1ccc(N2CCCC2=O)cc1. The third-order valence-corrected chi connectivity index (χ3v) is 3.65. The van der Waals surface area contributed by atoms with Crippen molar-refractivity contribution in [1.29, 1.82) is 0 Å². The zero-order valence-electron chi connectivity index (χ0n) is 13.2. The molecule has 0 aromatic heterocycles. The summed E-state index contributed by atoms with van der Waals surface area (Å²) in [4.78, 5) is 25.1. The molecular weight excluding hydrogens is 325 g/mol. The Kier molecular flexibility index (Phi) is 5.82. The van der Waals surface area contributed by atoms with Crippen molar-refractivity contribution in [3.05, 3.63) is 29.8 Å². The number of ether oxygens (including phenoxy) is 1. The van der Waals surface area contributed by atoms with E-state index in [9.17, 15) is 22.8 Å². The van der Waals surface area contributed by atoms with Crippen LogP contribution in [-0.2, 0) is 20.9 Å². The summed E-state index contributed by atoms with van der Waals surface area (Å²) in [5, 5.41) is 2.52. The zero-order valence-corrected chi connectivity index (χ0v) is 13.2. The van der Waals surface area contributed by atoms with Crippen LogP contribution in [0.25, 0.3) is 0 Å². The molecular formula is C16H19F3N2O3. The maximum absolute atomic E-state index is 12.0. The molecule has 1 heterocycles. The molecule has 2 amide bonds. The van der Waals surface area contributed by atoms with Crippen LogP contribution in [0.15, 0.2) is 24.3 Å². The van der Waals surface area contributed by atoms with Crippen molar-refractivity contribution in [3.63, 3.8) is 0 Å². The van der Waals surface area contributed by atoms with Crippen LogP contribution in [0.4, 0.5) is 18.9 Å². The van der Waals surface area contributed by atoms with Gasteiger partial charge in [0.2, 0.25) is 11.8 Å². The molecule has 1 N–H and O–H groups in total. The van der Waals surface area contributed by atoms with Crippen LogP contribution in [0.3, 0.4) is 0 Å². The number of carbonyl (C=O) groups excluding carboxylic acids is 2. The second-order valence-electron chi connectivity index (χ2n) is 5.60. The van der Waals surface area contributed by atoms with E-state index < -0.39 is 24.8 Å². The Morgan fingerprint density at radius 2 is 2.00 bits per heavy atom. The summed E-state index contributed by atoms with van der Waals surface area (Å²) >= 11 is 0. The topological polar surface area (TPSA) is 58.6 Å². The van der Waals surface area contributed by atoms with Gasteiger partial charge in [-0.3, -0.25) is 9.59 Å². The van der Waals surface area contributed by atoms with Gasteiger partial charge in [-0.05, 0) is 31.0 Å². The lowest BCUT2D eigenvalue weighted by atomic mass is 10.2. The number of carbonyl (C=O) groups is 2. The molecule has 0 saturated carbocycles.